The molecule has 10 aromatic rings. The van der Waals surface area contributed by atoms with Crippen molar-refractivity contribution in [1.29, 1.82) is 0 Å². The maximum atomic E-state index is 2.36. The largest absolute Gasteiger partial charge is 0.309 e. The van der Waals surface area contributed by atoms with Gasteiger partial charge in [0, 0.05) is 32.9 Å². The first-order valence-electron chi connectivity index (χ1n) is 17.2. The second-order valence-electron chi connectivity index (χ2n) is 13.0. The third kappa shape index (κ3) is 4.57. The lowest BCUT2D eigenvalue weighted by molar-refractivity contribution is 1.18. The molecular weight excluding hydrogens is 605 g/mol. The molecule has 0 amide bonds. The molecule has 0 bridgehead atoms. The van der Waals surface area contributed by atoms with Crippen LogP contribution in [0.3, 0.4) is 0 Å². The summed E-state index contributed by atoms with van der Waals surface area (Å²) in [6, 6.07) is 70.3. The molecule has 0 atom stereocenters. The molecule has 0 N–H and O–H groups in total. The molecule has 2 heteroatoms. The van der Waals surface area contributed by atoms with E-state index < -0.39 is 0 Å². The first-order chi connectivity index (χ1) is 24.8. The second kappa shape index (κ2) is 11.5. The molecule has 0 aliphatic rings. The molecule has 0 radical (unpaired) electrons. The maximum absolute atomic E-state index is 2.36. The van der Waals surface area contributed by atoms with Crippen LogP contribution in [0.15, 0.2) is 194 Å². The van der Waals surface area contributed by atoms with Gasteiger partial charge in [-0.2, -0.15) is 0 Å². The molecule has 8 aromatic carbocycles. The summed E-state index contributed by atoms with van der Waals surface area (Å²) in [5.74, 6) is 0. The van der Waals surface area contributed by atoms with Crippen molar-refractivity contribution in [2.45, 2.75) is 0 Å². The highest BCUT2D eigenvalue weighted by atomic mass is 15.0. The zero-order chi connectivity index (χ0) is 33.0. The lowest BCUT2D eigenvalue weighted by Gasteiger charge is -2.09. The summed E-state index contributed by atoms with van der Waals surface area (Å²) >= 11 is 0. The summed E-state index contributed by atoms with van der Waals surface area (Å²) in [6.45, 7) is 0. The molecule has 50 heavy (non-hydrogen) atoms. The van der Waals surface area contributed by atoms with Crippen LogP contribution < -0.4 is 0 Å². The van der Waals surface area contributed by atoms with Gasteiger partial charge >= 0.3 is 0 Å². The molecule has 0 spiro atoms. The van der Waals surface area contributed by atoms with Gasteiger partial charge in [0.05, 0.1) is 22.1 Å². The predicted molar refractivity (Wildman–Crippen MR) is 211 cm³/mol. The van der Waals surface area contributed by atoms with Gasteiger partial charge in [0.1, 0.15) is 0 Å². The summed E-state index contributed by atoms with van der Waals surface area (Å²) in [5, 5.41) is 5.07. The normalized spacial score (nSPS) is 11.6. The minimum absolute atomic E-state index is 1.18. The van der Waals surface area contributed by atoms with Crippen molar-refractivity contribution in [2.24, 2.45) is 0 Å². The van der Waals surface area contributed by atoms with E-state index in [0.717, 1.165) is 0 Å². The number of benzene rings is 8. The van der Waals surface area contributed by atoms with E-state index in [1.807, 2.05) is 0 Å². The van der Waals surface area contributed by atoms with Crippen LogP contribution in [-0.2, 0) is 0 Å². The topological polar surface area (TPSA) is 9.86 Å². The van der Waals surface area contributed by atoms with Crippen molar-refractivity contribution in [3.63, 3.8) is 0 Å². The van der Waals surface area contributed by atoms with E-state index in [1.165, 1.54) is 88.4 Å². The number of nitrogens with zero attached hydrogens (tertiary/aromatic N) is 2. The molecule has 2 nitrogen and oxygen atoms in total. The molecule has 0 aliphatic heterocycles. The van der Waals surface area contributed by atoms with Crippen molar-refractivity contribution < 1.29 is 0 Å². The molecule has 0 aliphatic carbocycles. The average Bonchev–Trinajstić information content (AvgIpc) is 3.71. The molecular formula is C48H32N2. The van der Waals surface area contributed by atoms with E-state index in [0.29, 0.717) is 0 Å². The number of fused-ring (bicyclic) bond motifs is 6. The lowest BCUT2D eigenvalue weighted by atomic mass is 9.97. The first-order valence-corrected chi connectivity index (χ1v) is 17.2. The van der Waals surface area contributed by atoms with E-state index >= 15 is 0 Å². The van der Waals surface area contributed by atoms with E-state index in [1.54, 1.807) is 0 Å². The zero-order valence-electron chi connectivity index (χ0n) is 27.4. The fourth-order valence-electron chi connectivity index (χ4n) is 7.73. The SMILES string of the molecule is c1ccc(-n2c3ccccc3c3cc(-c4ccc(-c5ccc(-c6ccc7c(c6)c6ccccc6n7-c6ccccc6)cc5)cc4)ccc32)cc1. The zero-order valence-corrected chi connectivity index (χ0v) is 27.4. The van der Waals surface area contributed by atoms with Gasteiger partial charge in [0.2, 0.25) is 0 Å². The molecule has 0 fully saturated rings. The summed E-state index contributed by atoms with van der Waals surface area (Å²) in [5.41, 5.74) is 14.5. The van der Waals surface area contributed by atoms with Gasteiger partial charge in [-0.1, -0.05) is 133 Å². The number of rotatable bonds is 5. The Morgan fingerprint density at radius 3 is 0.920 bits per heavy atom. The first kappa shape index (κ1) is 28.4. The van der Waals surface area contributed by atoms with E-state index in [9.17, 15) is 0 Å². The van der Waals surface area contributed by atoms with Crippen LogP contribution >= 0.6 is 0 Å². The van der Waals surface area contributed by atoms with Crippen LogP contribution in [0.1, 0.15) is 0 Å². The van der Waals surface area contributed by atoms with Gasteiger partial charge in [-0.25, -0.2) is 0 Å². The Morgan fingerprint density at radius 1 is 0.220 bits per heavy atom. The smallest absolute Gasteiger partial charge is 0.0541 e. The fraction of sp³-hybridized carbons (Fsp3) is 0. The lowest BCUT2D eigenvalue weighted by Crippen LogP contribution is -1.92. The highest BCUT2D eigenvalue weighted by Crippen LogP contribution is 2.37. The van der Waals surface area contributed by atoms with Crippen LogP contribution in [0, 0.1) is 0 Å². The molecule has 0 saturated heterocycles. The van der Waals surface area contributed by atoms with Crippen molar-refractivity contribution in [2.75, 3.05) is 0 Å². The van der Waals surface area contributed by atoms with Crippen LogP contribution in [0.5, 0.6) is 0 Å². The van der Waals surface area contributed by atoms with Crippen LogP contribution in [-0.4, -0.2) is 9.13 Å². The maximum Gasteiger partial charge on any atom is 0.0541 e. The predicted octanol–water partition coefficient (Wildman–Crippen LogP) is 12.9. The van der Waals surface area contributed by atoms with Gasteiger partial charge in [0.25, 0.3) is 0 Å². The highest BCUT2D eigenvalue weighted by molar-refractivity contribution is 6.11. The summed E-state index contributed by atoms with van der Waals surface area (Å²) in [6.07, 6.45) is 0. The Labute approximate surface area is 290 Å². The van der Waals surface area contributed by atoms with Gasteiger partial charge in [-0.05, 0) is 94.0 Å². The van der Waals surface area contributed by atoms with Crippen molar-refractivity contribution in [3.05, 3.63) is 194 Å². The van der Waals surface area contributed by atoms with Crippen LogP contribution in [0.2, 0.25) is 0 Å². The van der Waals surface area contributed by atoms with Crippen LogP contribution in [0.4, 0.5) is 0 Å². The Morgan fingerprint density at radius 2 is 0.520 bits per heavy atom. The highest BCUT2D eigenvalue weighted by Gasteiger charge is 2.15. The number of hydrogen-bond acceptors (Lipinski definition) is 0. The van der Waals surface area contributed by atoms with Gasteiger partial charge in [-0.15, -0.1) is 0 Å². The summed E-state index contributed by atoms with van der Waals surface area (Å²) in [4.78, 5) is 0. The summed E-state index contributed by atoms with van der Waals surface area (Å²) in [7, 11) is 0. The van der Waals surface area contributed by atoms with Crippen molar-refractivity contribution in [3.8, 4) is 44.8 Å². The minimum Gasteiger partial charge on any atom is -0.309 e. The third-order valence-electron chi connectivity index (χ3n) is 10.1. The van der Waals surface area contributed by atoms with Crippen molar-refractivity contribution in [1.82, 2.24) is 9.13 Å². The standard InChI is InChI=1S/C48H32N2/c1-3-11-39(12-4-1)49-45-17-9-7-15-41(45)43-31-37(27-29-47(43)49)35-23-19-33(20-24-35)34-21-25-36(26-22-34)38-28-30-48-44(32-38)42-16-8-10-18-46(42)50(48)40-13-5-2-6-14-40/h1-32H. The second-order valence-corrected chi connectivity index (χ2v) is 13.0. The van der Waals surface area contributed by atoms with E-state index in [-0.39, 0.29) is 0 Å². The Bertz CT molecular complexity index is 2620. The number of para-hydroxylation sites is 4. The average molecular weight is 637 g/mol. The number of hydrogen-bond donors (Lipinski definition) is 0. The quantitative estimate of drug-likeness (QED) is 0.178. The molecule has 0 saturated carbocycles. The summed E-state index contributed by atoms with van der Waals surface area (Å²) < 4.78 is 4.73. The molecule has 2 heterocycles. The van der Waals surface area contributed by atoms with Gasteiger partial charge in [0.15, 0.2) is 0 Å². The monoisotopic (exact) mass is 636 g/mol. The molecule has 234 valence electrons. The minimum atomic E-state index is 1.18. The van der Waals surface area contributed by atoms with Gasteiger partial charge in [-0.3, -0.25) is 0 Å². The van der Waals surface area contributed by atoms with Crippen molar-refractivity contribution >= 4 is 43.6 Å². The Balaban J connectivity index is 0.966. The Kier molecular flexibility index (Phi) is 6.53. The number of aromatic nitrogens is 2. The van der Waals surface area contributed by atoms with Crippen LogP contribution in [0.25, 0.3) is 88.4 Å². The molecule has 0 unspecified atom stereocenters. The molecule has 10 rings (SSSR count). The van der Waals surface area contributed by atoms with E-state index in [2.05, 4.69) is 203 Å². The van der Waals surface area contributed by atoms with Gasteiger partial charge < -0.3 is 9.13 Å². The fourth-order valence-corrected chi connectivity index (χ4v) is 7.73. The van der Waals surface area contributed by atoms with E-state index in [4.69, 9.17) is 0 Å². The molecule has 2 aromatic heterocycles. The third-order valence-corrected chi connectivity index (χ3v) is 10.1. The Hall–Kier alpha value is -6.64.